The lowest BCUT2D eigenvalue weighted by Gasteiger charge is -2.45. The number of hydrogen-bond donors (Lipinski definition) is 1. The first-order valence-electron chi connectivity index (χ1n) is 10.0. The van der Waals surface area contributed by atoms with Crippen molar-refractivity contribution in [2.75, 3.05) is 46.5 Å². The number of hydrogen-bond acceptors (Lipinski definition) is 5. The number of benzene rings is 1. The zero-order chi connectivity index (χ0) is 21.1. The van der Waals surface area contributed by atoms with Crippen LogP contribution in [0.2, 0.25) is 0 Å². The van der Waals surface area contributed by atoms with E-state index in [1.54, 1.807) is 36.3 Å². The second kappa shape index (κ2) is 8.89. The molecule has 162 valence electrons. The molecule has 2 aliphatic heterocycles. The van der Waals surface area contributed by atoms with E-state index in [2.05, 4.69) is 5.32 Å². The quantitative estimate of drug-likeness (QED) is 0.796. The van der Waals surface area contributed by atoms with Gasteiger partial charge in [0, 0.05) is 44.7 Å². The van der Waals surface area contributed by atoms with Gasteiger partial charge in [0.1, 0.15) is 10.6 Å². The van der Waals surface area contributed by atoms with E-state index >= 15 is 0 Å². The van der Waals surface area contributed by atoms with E-state index in [1.165, 1.54) is 4.31 Å². The number of nitrogens with zero attached hydrogens (tertiary/aromatic N) is 2. The third kappa shape index (κ3) is 4.84. The minimum Gasteiger partial charge on any atom is -0.492 e. The van der Waals surface area contributed by atoms with Crippen molar-refractivity contribution < 1.29 is 22.7 Å². The maximum Gasteiger partial charge on any atom is 0.317 e. The van der Waals surface area contributed by atoms with Gasteiger partial charge in [-0.2, -0.15) is 4.31 Å². The molecule has 1 saturated heterocycles. The Morgan fingerprint density at radius 2 is 1.97 bits per heavy atom. The molecule has 1 N–H and O–H groups in total. The number of likely N-dealkylation sites (tertiary alicyclic amines) is 1. The van der Waals surface area contributed by atoms with Crippen LogP contribution in [-0.4, -0.2) is 76.2 Å². The van der Waals surface area contributed by atoms with Gasteiger partial charge in [-0.1, -0.05) is 12.1 Å². The Bertz CT molecular complexity index is 819. The predicted octanol–water partition coefficient (Wildman–Crippen LogP) is 1.92. The zero-order valence-electron chi connectivity index (χ0n) is 17.4. The van der Waals surface area contributed by atoms with Crippen LogP contribution in [-0.2, 0) is 14.8 Å². The maximum atomic E-state index is 13.3. The lowest BCUT2D eigenvalue weighted by atomic mass is 9.79. The third-order valence-electron chi connectivity index (χ3n) is 5.58. The van der Waals surface area contributed by atoms with Crippen molar-refractivity contribution in [2.45, 2.75) is 37.6 Å². The van der Waals surface area contributed by atoms with Crippen molar-refractivity contribution in [2.24, 2.45) is 5.41 Å². The number of para-hydroxylation sites is 1. The van der Waals surface area contributed by atoms with Gasteiger partial charge < -0.3 is 19.7 Å². The number of sulfonamides is 1. The summed E-state index contributed by atoms with van der Waals surface area (Å²) >= 11 is 0. The van der Waals surface area contributed by atoms with E-state index in [1.807, 2.05) is 13.8 Å². The highest BCUT2D eigenvalue weighted by Gasteiger charge is 2.43. The third-order valence-corrected chi connectivity index (χ3v) is 7.47. The Kier molecular flexibility index (Phi) is 6.70. The molecule has 1 aromatic carbocycles. The van der Waals surface area contributed by atoms with E-state index in [9.17, 15) is 13.2 Å². The predicted molar refractivity (Wildman–Crippen MR) is 109 cm³/mol. The Hall–Kier alpha value is -1.84. The molecule has 3 rings (SSSR count). The standard InChI is InChI=1S/C20H31N3O5S/c1-16(2)21-19(24)22-10-8-20(9-11-22)14-23(12-13-27-3)29(25,26)18-7-5-4-6-17(18)28-15-20/h4-7,16H,8-15H2,1-3H3,(H,21,24). The van der Waals surface area contributed by atoms with E-state index < -0.39 is 10.0 Å². The molecule has 2 aliphatic rings. The lowest BCUT2D eigenvalue weighted by Crippen LogP contribution is -2.54. The van der Waals surface area contributed by atoms with Gasteiger partial charge in [0.05, 0.1) is 13.2 Å². The van der Waals surface area contributed by atoms with Crippen molar-refractivity contribution in [3.8, 4) is 5.75 Å². The molecule has 0 saturated carbocycles. The molecule has 0 radical (unpaired) electrons. The molecule has 1 aromatic rings. The fraction of sp³-hybridized carbons (Fsp3) is 0.650. The van der Waals surface area contributed by atoms with E-state index in [0.717, 1.165) is 0 Å². The maximum absolute atomic E-state index is 13.3. The van der Waals surface area contributed by atoms with Gasteiger partial charge in [0.25, 0.3) is 0 Å². The fourth-order valence-corrected chi connectivity index (χ4v) is 5.54. The summed E-state index contributed by atoms with van der Waals surface area (Å²) in [6, 6.07) is 6.77. The molecule has 2 heterocycles. The van der Waals surface area contributed by atoms with E-state index in [-0.39, 0.29) is 28.9 Å². The number of amides is 2. The van der Waals surface area contributed by atoms with Crippen LogP contribution in [0.1, 0.15) is 26.7 Å². The molecule has 8 nitrogen and oxygen atoms in total. The van der Waals surface area contributed by atoms with E-state index in [0.29, 0.717) is 51.4 Å². The number of rotatable bonds is 4. The highest BCUT2D eigenvalue weighted by Crippen LogP contribution is 2.39. The smallest absolute Gasteiger partial charge is 0.317 e. The Labute approximate surface area is 173 Å². The number of fused-ring (bicyclic) bond motifs is 1. The molecule has 9 heteroatoms. The summed E-state index contributed by atoms with van der Waals surface area (Å²) in [5.74, 6) is 0.383. The second-order valence-corrected chi connectivity index (χ2v) is 10.1. The lowest BCUT2D eigenvalue weighted by molar-refractivity contribution is 0.0409. The summed E-state index contributed by atoms with van der Waals surface area (Å²) in [6.07, 6.45) is 1.36. The summed E-state index contributed by atoms with van der Waals surface area (Å²) in [6.45, 7) is 6.39. The van der Waals surface area contributed by atoms with Crippen molar-refractivity contribution in [3.63, 3.8) is 0 Å². The minimum absolute atomic E-state index is 0.0733. The van der Waals surface area contributed by atoms with Crippen LogP contribution in [0.5, 0.6) is 5.75 Å². The van der Waals surface area contributed by atoms with Gasteiger partial charge in [0.15, 0.2) is 0 Å². The van der Waals surface area contributed by atoms with Gasteiger partial charge in [-0.3, -0.25) is 0 Å². The van der Waals surface area contributed by atoms with Crippen LogP contribution in [0.4, 0.5) is 4.79 Å². The summed E-state index contributed by atoms with van der Waals surface area (Å²) in [7, 11) is -2.14. The monoisotopic (exact) mass is 425 g/mol. The van der Waals surface area contributed by atoms with Crippen molar-refractivity contribution >= 4 is 16.1 Å². The number of methoxy groups -OCH3 is 1. The Balaban J connectivity index is 1.84. The second-order valence-electron chi connectivity index (χ2n) is 8.16. The average molecular weight is 426 g/mol. The first-order valence-corrected chi connectivity index (χ1v) is 11.5. The van der Waals surface area contributed by atoms with Crippen molar-refractivity contribution in [1.29, 1.82) is 0 Å². The number of carbonyl (C=O) groups is 1. The summed E-state index contributed by atoms with van der Waals surface area (Å²) in [5.41, 5.74) is -0.344. The van der Waals surface area contributed by atoms with Crippen molar-refractivity contribution in [3.05, 3.63) is 24.3 Å². The van der Waals surface area contributed by atoms with Gasteiger partial charge in [0.2, 0.25) is 10.0 Å². The van der Waals surface area contributed by atoms with E-state index in [4.69, 9.17) is 9.47 Å². The number of ether oxygens (including phenoxy) is 2. The van der Waals surface area contributed by atoms with Crippen LogP contribution >= 0.6 is 0 Å². The molecular weight excluding hydrogens is 394 g/mol. The molecule has 29 heavy (non-hydrogen) atoms. The highest BCUT2D eigenvalue weighted by atomic mass is 32.2. The number of carbonyl (C=O) groups excluding carboxylic acids is 1. The summed E-state index contributed by atoms with van der Waals surface area (Å²) < 4.78 is 39.3. The molecule has 1 spiro atoms. The van der Waals surface area contributed by atoms with Crippen LogP contribution in [0.15, 0.2) is 29.2 Å². The van der Waals surface area contributed by atoms with Crippen molar-refractivity contribution in [1.82, 2.24) is 14.5 Å². The van der Waals surface area contributed by atoms with Gasteiger partial charge >= 0.3 is 6.03 Å². The van der Waals surface area contributed by atoms with Crippen LogP contribution < -0.4 is 10.1 Å². The SMILES string of the molecule is COCCN1CC2(CCN(C(=O)NC(C)C)CC2)COc2ccccc2S1(=O)=O. The number of nitrogens with one attached hydrogen (secondary N) is 1. The molecule has 1 fully saturated rings. The number of urea groups is 1. The molecule has 0 unspecified atom stereocenters. The Morgan fingerprint density at radius 3 is 2.62 bits per heavy atom. The Morgan fingerprint density at radius 1 is 1.28 bits per heavy atom. The molecule has 2 amide bonds. The van der Waals surface area contributed by atoms with Crippen LogP contribution in [0, 0.1) is 5.41 Å². The summed E-state index contributed by atoms with van der Waals surface area (Å²) in [5, 5.41) is 2.92. The normalized spacial score (nSPS) is 21.2. The average Bonchev–Trinajstić information content (AvgIpc) is 2.69. The molecule has 0 atom stereocenters. The van der Waals surface area contributed by atoms with Gasteiger partial charge in [-0.15, -0.1) is 0 Å². The molecule has 0 aliphatic carbocycles. The minimum atomic E-state index is -3.70. The largest absolute Gasteiger partial charge is 0.492 e. The zero-order valence-corrected chi connectivity index (χ0v) is 18.2. The molecular formula is C20H31N3O5S. The topological polar surface area (TPSA) is 88.2 Å². The molecule has 0 bridgehead atoms. The van der Waals surface area contributed by atoms with Crippen LogP contribution in [0.3, 0.4) is 0 Å². The molecule has 0 aromatic heterocycles. The van der Waals surface area contributed by atoms with Gasteiger partial charge in [-0.05, 0) is 38.8 Å². The first kappa shape index (κ1) is 21.9. The number of piperidine rings is 1. The van der Waals surface area contributed by atoms with Crippen LogP contribution in [0.25, 0.3) is 0 Å². The van der Waals surface area contributed by atoms with Gasteiger partial charge in [-0.25, -0.2) is 13.2 Å². The fourth-order valence-electron chi connectivity index (χ4n) is 3.87. The summed E-state index contributed by atoms with van der Waals surface area (Å²) in [4.78, 5) is 14.3. The first-order chi connectivity index (χ1) is 13.8. The highest BCUT2D eigenvalue weighted by molar-refractivity contribution is 7.89.